The molecule has 0 spiro atoms. The highest BCUT2D eigenvalue weighted by Gasteiger charge is 2.54. The smallest absolute Gasteiger partial charge is 0.309 e. The number of fused-ring (bicyclic) bond motifs is 1. The summed E-state index contributed by atoms with van der Waals surface area (Å²) in [6, 6.07) is 0. The predicted molar refractivity (Wildman–Crippen MR) is 104 cm³/mol. The van der Waals surface area contributed by atoms with Gasteiger partial charge in [0.15, 0.2) is 12.6 Å². The van der Waals surface area contributed by atoms with Crippen LogP contribution in [0, 0.1) is 17.8 Å². The minimum atomic E-state index is -0.944. The Hall–Kier alpha value is -1.18. The lowest BCUT2D eigenvalue weighted by Gasteiger charge is -2.31. The average Bonchev–Trinajstić information content (AvgIpc) is 3.25. The predicted octanol–water partition coefficient (Wildman–Crippen LogP) is 3.86. The molecule has 7 atom stereocenters. The standard InChI is InChI=1S/C22H35FO6/c1-3-4-7-14(23)9-10-17(29-20-8-5-6-11-27-20)21-15-13-19(24)28-18(15)12-16(21)22(25)26-2/h10,14-16,18-21,24H,3-9,11-13H2,1-2H3/t14?,15-,16+,18+,19?,20?,21+/m0/s1. The first kappa shape index (κ1) is 22.5. The third-order valence-electron chi connectivity index (χ3n) is 6.35. The van der Waals surface area contributed by atoms with Crippen LogP contribution in [-0.4, -0.2) is 49.6 Å². The molecule has 0 aromatic rings. The van der Waals surface area contributed by atoms with E-state index < -0.39 is 18.4 Å². The van der Waals surface area contributed by atoms with Crippen LogP contribution in [-0.2, 0) is 23.7 Å². The van der Waals surface area contributed by atoms with Crippen LogP contribution in [0.15, 0.2) is 11.8 Å². The van der Waals surface area contributed by atoms with E-state index in [-0.39, 0.29) is 36.6 Å². The second kappa shape index (κ2) is 10.7. The van der Waals surface area contributed by atoms with Crippen molar-refractivity contribution in [3.8, 4) is 0 Å². The number of carbonyl (C=O) groups excluding carboxylic acids is 1. The van der Waals surface area contributed by atoms with Gasteiger partial charge >= 0.3 is 5.97 Å². The number of aliphatic hydroxyl groups excluding tert-OH is 1. The molecular weight excluding hydrogens is 379 g/mol. The van der Waals surface area contributed by atoms with E-state index in [0.717, 1.165) is 32.1 Å². The van der Waals surface area contributed by atoms with Crippen LogP contribution in [0.5, 0.6) is 0 Å². The molecule has 3 unspecified atom stereocenters. The number of carbonyl (C=O) groups is 1. The molecule has 2 heterocycles. The van der Waals surface area contributed by atoms with E-state index in [0.29, 0.717) is 31.6 Å². The first-order chi connectivity index (χ1) is 14.0. The van der Waals surface area contributed by atoms with Crippen LogP contribution in [0.1, 0.15) is 64.7 Å². The maximum atomic E-state index is 14.4. The lowest BCUT2D eigenvalue weighted by Crippen LogP contribution is -2.31. The Kier molecular flexibility index (Phi) is 8.33. The Morgan fingerprint density at radius 2 is 2.17 bits per heavy atom. The normalized spacial score (nSPS) is 35.9. The molecule has 3 fully saturated rings. The fraction of sp³-hybridized carbons (Fsp3) is 0.864. The van der Waals surface area contributed by atoms with E-state index in [9.17, 15) is 14.3 Å². The van der Waals surface area contributed by atoms with Crippen molar-refractivity contribution < 1.29 is 33.2 Å². The van der Waals surface area contributed by atoms with Crippen LogP contribution < -0.4 is 0 Å². The zero-order valence-electron chi connectivity index (χ0n) is 17.6. The maximum absolute atomic E-state index is 14.4. The summed E-state index contributed by atoms with van der Waals surface area (Å²) in [7, 11) is 1.38. The van der Waals surface area contributed by atoms with E-state index in [1.807, 2.05) is 6.92 Å². The lowest BCUT2D eigenvalue weighted by molar-refractivity contribution is -0.156. The summed E-state index contributed by atoms with van der Waals surface area (Å²) in [5.74, 6) is -0.502. The summed E-state index contributed by atoms with van der Waals surface area (Å²) in [5, 5.41) is 9.97. The Balaban J connectivity index is 1.81. The van der Waals surface area contributed by atoms with Crippen molar-refractivity contribution >= 4 is 5.97 Å². The number of hydrogen-bond donors (Lipinski definition) is 1. The van der Waals surface area contributed by atoms with Crippen molar-refractivity contribution in [2.24, 2.45) is 17.8 Å². The van der Waals surface area contributed by atoms with Gasteiger partial charge in [-0.15, -0.1) is 0 Å². The van der Waals surface area contributed by atoms with Gasteiger partial charge in [0.2, 0.25) is 0 Å². The molecule has 0 bridgehead atoms. The molecule has 1 saturated carbocycles. The SMILES string of the molecule is CCCCC(F)CC=C(OC1CCCCO1)[C@@H]1[C@H]2CC(O)O[C@@H]2C[C@H]1C(=O)OC. The van der Waals surface area contributed by atoms with E-state index in [1.165, 1.54) is 7.11 Å². The highest BCUT2D eigenvalue weighted by Crippen LogP contribution is 2.50. The Labute approximate surface area is 172 Å². The number of unbranched alkanes of at least 4 members (excludes halogenated alkanes) is 1. The number of rotatable bonds is 9. The summed E-state index contributed by atoms with van der Waals surface area (Å²) < 4.78 is 37.0. The van der Waals surface area contributed by atoms with Crippen molar-refractivity contribution in [2.45, 2.75) is 89.6 Å². The molecule has 29 heavy (non-hydrogen) atoms. The number of hydrogen-bond acceptors (Lipinski definition) is 6. The minimum absolute atomic E-state index is 0.0577. The number of aliphatic hydroxyl groups is 1. The third kappa shape index (κ3) is 5.70. The molecule has 2 saturated heterocycles. The van der Waals surface area contributed by atoms with Gasteiger partial charge in [-0.05, 0) is 31.8 Å². The van der Waals surface area contributed by atoms with Crippen LogP contribution in [0.25, 0.3) is 0 Å². The Bertz CT molecular complexity index is 562. The average molecular weight is 415 g/mol. The topological polar surface area (TPSA) is 74.2 Å². The summed E-state index contributed by atoms with van der Waals surface area (Å²) in [6.45, 7) is 2.68. The molecule has 0 amide bonds. The molecule has 1 N–H and O–H groups in total. The van der Waals surface area contributed by atoms with Crippen molar-refractivity contribution in [2.75, 3.05) is 13.7 Å². The highest BCUT2D eigenvalue weighted by molar-refractivity contribution is 5.73. The number of allylic oxidation sites excluding steroid dienone is 2. The van der Waals surface area contributed by atoms with Crippen LogP contribution in [0.2, 0.25) is 0 Å². The summed E-state index contributed by atoms with van der Waals surface area (Å²) >= 11 is 0. The van der Waals surface area contributed by atoms with Crippen molar-refractivity contribution in [1.29, 1.82) is 0 Å². The second-order valence-corrected chi connectivity index (χ2v) is 8.42. The van der Waals surface area contributed by atoms with E-state index >= 15 is 0 Å². The van der Waals surface area contributed by atoms with Gasteiger partial charge in [0.05, 0.1) is 31.5 Å². The van der Waals surface area contributed by atoms with Gasteiger partial charge in [0.1, 0.15) is 6.17 Å². The second-order valence-electron chi connectivity index (χ2n) is 8.42. The quantitative estimate of drug-likeness (QED) is 0.456. The number of methoxy groups -OCH3 is 1. The first-order valence-corrected chi connectivity index (χ1v) is 11.1. The fourth-order valence-electron chi connectivity index (χ4n) is 4.86. The summed E-state index contributed by atoms with van der Waals surface area (Å²) in [6.07, 6.45) is 5.66. The van der Waals surface area contributed by atoms with Crippen molar-refractivity contribution in [3.05, 3.63) is 11.8 Å². The summed E-state index contributed by atoms with van der Waals surface area (Å²) in [4.78, 5) is 12.5. The van der Waals surface area contributed by atoms with Crippen LogP contribution in [0.3, 0.4) is 0 Å². The monoisotopic (exact) mass is 414 g/mol. The molecule has 2 aliphatic heterocycles. The molecule has 3 rings (SSSR count). The van der Waals surface area contributed by atoms with Gasteiger partial charge in [-0.2, -0.15) is 0 Å². The zero-order valence-corrected chi connectivity index (χ0v) is 17.6. The maximum Gasteiger partial charge on any atom is 0.309 e. The molecule has 1 aliphatic carbocycles. The van der Waals surface area contributed by atoms with Gasteiger partial charge in [0.25, 0.3) is 0 Å². The molecule has 7 heteroatoms. The number of halogens is 1. The molecule has 0 aromatic carbocycles. The molecule has 0 aromatic heterocycles. The molecule has 6 nitrogen and oxygen atoms in total. The van der Waals surface area contributed by atoms with Crippen molar-refractivity contribution in [3.63, 3.8) is 0 Å². The highest BCUT2D eigenvalue weighted by atomic mass is 19.1. The Morgan fingerprint density at radius 3 is 2.86 bits per heavy atom. The number of ether oxygens (including phenoxy) is 4. The van der Waals surface area contributed by atoms with Gasteiger partial charge in [0, 0.05) is 31.1 Å². The van der Waals surface area contributed by atoms with E-state index in [1.54, 1.807) is 6.08 Å². The largest absolute Gasteiger partial charge is 0.469 e. The van der Waals surface area contributed by atoms with Crippen LogP contribution >= 0.6 is 0 Å². The van der Waals surface area contributed by atoms with E-state index in [2.05, 4.69) is 0 Å². The van der Waals surface area contributed by atoms with Crippen molar-refractivity contribution in [1.82, 2.24) is 0 Å². The summed E-state index contributed by atoms with van der Waals surface area (Å²) in [5.41, 5.74) is 0. The van der Waals surface area contributed by atoms with Gasteiger partial charge < -0.3 is 24.1 Å². The third-order valence-corrected chi connectivity index (χ3v) is 6.35. The van der Waals surface area contributed by atoms with Crippen LogP contribution in [0.4, 0.5) is 4.39 Å². The molecule has 0 radical (unpaired) electrons. The molecule has 166 valence electrons. The van der Waals surface area contributed by atoms with Gasteiger partial charge in [-0.3, -0.25) is 4.79 Å². The number of esters is 1. The zero-order chi connectivity index (χ0) is 20.8. The number of alkyl halides is 1. The van der Waals surface area contributed by atoms with Gasteiger partial charge in [-0.1, -0.05) is 19.8 Å². The molecule has 3 aliphatic rings. The molecular formula is C22H35FO6. The lowest BCUT2D eigenvalue weighted by atomic mass is 9.85. The van der Waals surface area contributed by atoms with E-state index in [4.69, 9.17) is 18.9 Å². The Morgan fingerprint density at radius 1 is 1.34 bits per heavy atom. The van der Waals surface area contributed by atoms with Gasteiger partial charge in [-0.25, -0.2) is 4.39 Å². The fourth-order valence-corrected chi connectivity index (χ4v) is 4.86. The minimum Gasteiger partial charge on any atom is -0.469 e. The first-order valence-electron chi connectivity index (χ1n) is 11.1.